The molecule has 1 aliphatic rings. The average molecular weight is 201 g/mol. The van der Waals surface area contributed by atoms with Crippen LogP contribution in [0.2, 0.25) is 0 Å². The van der Waals surface area contributed by atoms with Gasteiger partial charge in [-0.3, -0.25) is 9.79 Å². The molecule has 2 heteroatoms. The summed E-state index contributed by atoms with van der Waals surface area (Å²) in [6.07, 6.45) is 2.64. The molecule has 0 radical (unpaired) electrons. The molecule has 78 valence electrons. The van der Waals surface area contributed by atoms with Crippen molar-refractivity contribution in [1.82, 2.24) is 0 Å². The van der Waals surface area contributed by atoms with E-state index in [1.165, 1.54) is 5.71 Å². The minimum absolute atomic E-state index is 0.207. The molecule has 0 N–H and O–H groups in total. The van der Waals surface area contributed by atoms with Gasteiger partial charge in [-0.2, -0.15) is 0 Å². The predicted octanol–water partition coefficient (Wildman–Crippen LogP) is 2.88. The Bertz CT molecular complexity index is 381. The van der Waals surface area contributed by atoms with E-state index in [9.17, 15) is 4.79 Å². The zero-order valence-electron chi connectivity index (χ0n) is 8.94. The first kappa shape index (κ1) is 10.1. The zero-order valence-corrected chi connectivity index (χ0v) is 8.94. The molecule has 0 spiro atoms. The van der Waals surface area contributed by atoms with Crippen molar-refractivity contribution >= 4 is 11.5 Å². The van der Waals surface area contributed by atoms with Crippen molar-refractivity contribution in [3.8, 4) is 0 Å². The van der Waals surface area contributed by atoms with Crippen LogP contribution < -0.4 is 0 Å². The Kier molecular flexibility index (Phi) is 2.95. The number of hydrogen-bond acceptors (Lipinski definition) is 2. The summed E-state index contributed by atoms with van der Waals surface area (Å²) in [4.78, 5) is 16.3. The first-order valence-electron chi connectivity index (χ1n) is 5.37. The topological polar surface area (TPSA) is 29.4 Å². The fourth-order valence-corrected chi connectivity index (χ4v) is 1.92. The summed E-state index contributed by atoms with van der Waals surface area (Å²) >= 11 is 0. The highest BCUT2D eigenvalue weighted by atomic mass is 16.1. The van der Waals surface area contributed by atoms with Crippen molar-refractivity contribution in [1.29, 1.82) is 0 Å². The van der Waals surface area contributed by atoms with Gasteiger partial charge in [0.15, 0.2) is 5.78 Å². The van der Waals surface area contributed by atoms with E-state index in [-0.39, 0.29) is 11.8 Å². The van der Waals surface area contributed by atoms with Crippen LogP contribution in [0.1, 0.15) is 36.5 Å². The summed E-state index contributed by atoms with van der Waals surface area (Å²) < 4.78 is 0. The molecule has 15 heavy (non-hydrogen) atoms. The van der Waals surface area contributed by atoms with Crippen LogP contribution in [-0.4, -0.2) is 17.5 Å². The zero-order chi connectivity index (χ0) is 10.7. The maximum Gasteiger partial charge on any atom is 0.165 e. The van der Waals surface area contributed by atoms with Crippen LogP contribution in [-0.2, 0) is 0 Å². The molecule has 0 saturated carbocycles. The van der Waals surface area contributed by atoms with Crippen molar-refractivity contribution in [3.05, 3.63) is 35.9 Å². The smallest absolute Gasteiger partial charge is 0.165 e. The largest absolute Gasteiger partial charge is 0.294 e. The summed E-state index contributed by atoms with van der Waals surface area (Å²) in [6, 6.07) is 9.68. The third-order valence-corrected chi connectivity index (χ3v) is 2.76. The van der Waals surface area contributed by atoms with Crippen LogP contribution >= 0.6 is 0 Å². The number of carbonyl (C=O) groups is 1. The lowest BCUT2D eigenvalue weighted by Crippen LogP contribution is -2.09. The van der Waals surface area contributed by atoms with E-state index >= 15 is 0 Å². The van der Waals surface area contributed by atoms with Crippen molar-refractivity contribution in [2.75, 3.05) is 0 Å². The quantitative estimate of drug-likeness (QED) is 0.691. The van der Waals surface area contributed by atoms with Gasteiger partial charge in [-0.25, -0.2) is 0 Å². The fraction of sp³-hybridized carbons (Fsp3) is 0.385. The molecule has 1 aromatic carbocycles. The third-order valence-electron chi connectivity index (χ3n) is 2.76. The minimum atomic E-state index is 0.207. The number of hydrogen-bond donors (Lipinski definition) is 0. The second-order valence-corrected chi connectivity index (χ2v) is 4.05. The van der Waals surface area contributed by atoms with Gasteiger partial charge < -0.3 is 0 Å². The highest BCUT2D eigenvalue weighted by Crippen LogP contribution is 2.18. The van der Waals surface area contributed by atoms with Gasteiger partial charge in [-0.1, -0.05) is 30.3 Å². The van der Waals surface area contributed by atoms with Gasteiger partial charge in [0.25, 0.3) is 0 Å². The molecule has 1 unspecified atom stereocenters. The Morgan fingerprint density at radius 3 is 2.73 bits per heavy atom. The Morgan fingerprint density at radius 1 is 1.40 bits per heavy atom. The molecule has 0 fully saturated rings. The van der Waals surface area contributed by atoms with E-state index in [2.05, 4.69) is 4.99 Å². The van der Waals surface area contributed by atoms with E-state index in [1.54, 1.807) is 0 Å². The summed E-state index contributed by atoms with van der Waals surface area (Å²) in [5.74, 6) is 0.207. The van der Waals surface area contributed by atoms with Gasteiger partial charge in [0, 0.05) is 17.7 Å². The van der Waals surface area contributed by atoms with Crippen molar-refractivity contribution < 1.29 is 4.79 Å². The monoisotopic (exact) mass is 201 g/mol. The molecule has 0 saturated heterocycles. The maximum absolute atomic E-state index is 11.8. The number of Topliss-reactive ketones (excluding diaryl/α,β-unsaturated/α-hetero) is 1. The van der Waals surface area contributed by atoms with Crippen LogP contribution in [0, 0.1) is 0 Å². The van der Waals surface area contributed by atoms with Crippen molar-refractivity contribution in [2.24, 2.45) is 4.99 Å². The number of benzene rings is 1. The SMILES string of the molecule is CC1=NC(CC(=O)c2ccccc2)CC1. The lowest BCUT2D eigenvalue weighted by molar-refractivity contribution is 0.0975. The molecule has 0 bridgehead atoms. The van der Waals surface area contributed by atoms with E-state index < -0.39 is 0 Å². The third kappa shape index (κ3) is 2.52. The number of rotatable bonds is 3. The number of ketones is 1. The second kappa shape index (κ2) is 4.39. The van der Waals surface area contributed by atoms with Crippen LogP contribution in [0.3, 0.4) is 0 Å². The first-order valence-corrected chi connectivity index (χ1v) is 5.37. The molecule has 0 aliphatic carbocycles. The van der Waals surface area contributed by atoms with E-state index in [1.807, 2.05) is 37.3 Å². The van der Waals surface area contributed by atoms with E-state index in [4.69, 9.17) is 0 Å². The summed E-state index contributed by atoms with van der Waals surface area (Å²) in [6.45, 7) is 2.03. The molecule has 2 nitrogen and oxygen atoms in total. The number of carbonyl (C=O) groups excluding carboxylic acids is 1. The second-order valence-electron chi connectivity index (χ2n) is 4.05. The van der Waals surface area contributed by atoms with Gasteiger partial charge in [0.2, 0.25) is 0 Å². The Labute approximate surface area is 90.0 Å². The van der Waals surface area contributed by atoms with Gasteiger partial charge in [-0.15, -0.1) is 0 Å². The van der Waals surface area contributed by atoms with Crippen molar-refractivity contribution in [3.63, 3.8) is 0 Å². The molecule has 2 rings (SSSR count). The molecular weight excluding hydrogens is 186 g/mol. The number of aliphatic imine (C=N–C) groups is 1. The van der Waals surface area contributed by atoms with Gasteiger partial charge in [0.05, 0.1) is 6.04 Å². The summed E-state index contributed by atoms with van der Waals surface area (Å²) in [7, 11) is 0. The van der Waals surface area contributed by atoms with Gasteiger partial charge in [0.1, 0.15) is 0 Å². The lowest BCUT2D eigenvalue weighted by atomic mass is 10.0. The summed E-state index contributed by atoms with van der Waals surface area (Å²) in [5, 5.41) is 0. The highest BCUT2D eigenvalue weighted by molar-refractivity contribution is 5.97. The molecule has 1 aromatic rings. The average Bonchev–Trinajstić information content (AvgIpc) is 2.65. The number of nitrogens with zero attached hydrogens (tertiary/aromatic N) is 1. The normalized spacial score (nSPS) is 20.1. The van der Waals surface area contributed by atoms with E-state index in [0.717, 1.165) is 18.4 Å². The van der Waals surface area contributed by atoms with E-state index in [0.29, 0.717) is 6.42 Å². The maximum atomic E-state index is 11.8. The molecule has 1 heterocycles. The van der Waals surface area contributed by atoms with Crippen LogP contribution in [0.15, 0.2) is 35.3 Å². The highest BCUT2D eigenvalue weighted by Gasteiger charge is 2.18. The van der Waals surface area contributed by atoms with Crippen LogP contribution in [0.25, 0.3) is 0 Å². The van der Waals surface area contributed by atoms with Crippen molar-refractivity contribution in [2.45, 2.75) is 32.2 Å². The Balaban J connectivity index is 1.99. The first-order chi connectivity index (χ1) is 7.25. The predicted molar refractivity (Wildman–Crippen MR) is 61.5 cm³/mol. The summed E-state index contributed by atoms with van der Waals surface area (Å²) in [5.41, 5.74) is 1.98. The molecular formula is C13H15NO. The van der Waals surface area contributed by atoms with Crippen LogP contribution in [0.4, 0.5) is 0 Å². The van der Waals surface area contributed by atoms with Gasteiger partial charge in [-0.05, 0) is 19.8 Å². The molecule has 0 amide bonds. The fourth-order valence-electron chi connectivity index (χ4n) is 1.92. The standard InChI is InChI=1S/C13H15NO/c1-10-7-8-12(14-10)9-13(15)11-5-3-2-4-6-11/h2-6,12H,7-9H2,1H3. The van der Waals surface area contributed by atoms with Crippen LogP contribution in [0.5, 0.6) is 0 Å². The Hall–Kier alpha value is -1.44. The molecule has 1 aliphatic heterocycles. The van der Waals surface area contributed by atoms with Gasteiger partial charge >= 0.3 is 0 Å². The Morgan fingerprint density at radius 2 is 2.13 bits per heavy atom. The lowest BCUT2D eigenvalue weighted by Gasteiger charge is -2.05. The molecule has 0 aromatic heterocycles. The molecule has 1 atom stereocenters. The minimum Gasteiger partial charge on any atom is -0.294 e.